The molecular weight excluding hydrogens is 335 g/mol. The average Bonchev–Trinajstić information content (AvgIpc) is 2.37. The van der Waals surface area contributed by atoms with E-state index in [0.29, 0.717) is 18.7 Å². The summed E-state index contributed by atoms with van der Waals surface area (Å²) in [6, 6.07) is 5.21. The van der Waals surface area contributed by atoms with Crippen LogP contribution in [0.2, 0.25) is 0 Å². The van der Waals surface area contributed by atoms with E-state index in [1.165, 1.54) is 6.92 Å². The average molecular weight is 350 g/mol. The highest BCUT2D eigenvalue weighted by atomic mass is 79.9. The van der Waals surface area contributed by atoms with Crippen LogP contribution < -0.4 is 4.90 Å². The third-order valence-electron chi connectivity index (χ3n) is 3.65. The number of anilines is 1. The number of alkyl halides is 3. The molecular formula is C14H15BrF3NO. The van der Waals surface area contributed by atoms with E-state index in [4.69, 9.17) is 0 Å². The Hall–Kier alpha value is -1.04. The Morgan fingerprint density at radius 1 is 1.30 bits per heavy atom. The summed E-state index contributed by atoms with van der Waals surface area (Å²) in [4.78, 5) is 13.2. The van der Waals surface area contributed by atoms with Crippen LogP contribution in [-0.4, -0.2) is 25.0 Å². The van der Waals surface area contributed by atoms with Gasteiger partial charge in [-0.1, -0.05) is 0 Å². The Balaban J connectivity index is 2.09. The van der Waals surface area contributed by atoms with Gasteiger partial charge in [-0.05, 0) is 53.9 Å². The highest BCUT2D eigenvalue weighted by Crippen LogP contribution is 2.37. The van der Waals surface area contributed by atoms with Crippen molar-refractivity contribution in [1.82, 2.24) is 0 Å². The molecule has 2 rings (SSSR count). The lowest BCUT2D eigenvalue weighted by molar-refractivity contribution is -0.179. The van der Waals surface area contributed by atoms with Crippen LogP contribution in [0.15, 0.2) is 22.7 Å². The molecule has 0 aromatic heterocycles. The summed E-state index contributed by atoms with van der Waals surface area (Å²) in [5.41, 5.74) is 1.43. The molecule has 1 aliphatic rings. The fourth-order valence-electron chi connectivity index (χ4n) is 2.43. The first-order chi connectivity index (χ1) is 9.29. The van der Waals surface area contributed by atoms with Crippen molar-refractivity contribution in [2.75, 3.05) is 18.0 Å². The third-order valence-corrected chi connectivity index (χ3v) is 4.29. The molecule has 1 saturated heterocycles. The van der Waals surface area contributed by atoms with Crippen LogP contribution in [0.5, 0.6) is 0 Å². The van der Waals surface area contributed by atoms with E-state index in [-0.39, 0.29) is 18.6 Å². The molecule has 0 N–H and O–H groups in total. The number of hydrogen-bond donors (Lipinski definition) is 0. The van der Waals surface area contributed by atoms with Gasteiger partial charge in [-0.15, -0.1) is 0 Å². The highest BCUT2D eigenvalue weighted by molar-refractivity contribution is 9.10. The third kappa shape index (κ3) is 3.34. The van der Waals surface area contributed by atoms with Gasteiger partial charge in [0.15, 0.2) is 5.78 Å². The number of ketones is 1. The van der Waals surface area contributed by atoms with Crippen LogP contribution in [-0.2, 0) is 0 Å². The molecule has 1 fully saturated rings. The fraction of sp³-hybridized carbons (Fsp3) is 0.500. The van der Waals surface area contributed by atoms with E-state index in [1.54, 1.807) is 18.2 Å². The van der Waals surface area contributed by atoms with Crippen LogP contribution in [0.25, 0.3) is 0 Å². The Bertz CT molecular complexity index is 508. The molecule has 0 saturated carbocycles. The Morgan fingerprint density at radius 3 is 2.35 bits per heavy atom. The molecule has 110 valence electrons. The second-order valence-corrected chi connectivity index (χ2v) is 5.88. The Morgan fingerprint density at radius 2 is 1.90 bits per heavy atom. The number of halogens is 4. The van der Waals surface area contributed by atoms with Crippen molar-refractivity contribution in [3.05, 3.63) is 28.2 Å². The minimum atomic E-state index is -4.10. The van der Waals surface area contributed by atoms with Crippen molar-refractivity contribution in [2.45, 2.75) is 25.9 Å². The van der Waals surface area contributed by atoms with Gasteiger partial charge < -0.3 is 4.90 Å². The molecule has 2 nitrogen and oxygen atoms in total. The van der Waals surface area contributed by atoms with Crippen molar-refractivity contribution in [1.29, 1.82) is 0 Å². The largest absolute Gasteiger partial charge is 0.391 e. The summed E-state index contributed by atoms with van der Waals surface area (Å²) in [7, 11) is 0. The molecule has 20 heavy (non-hydrogen) atoms. The first-order valence-corrected chi connectivity index (χ1v) is 7.20. The summed E-state index contributed by atoms with van der Waals surface area (Å²) in [6.45, 7) is 2.24. The lowest BCUT2D eigenvalue weighted by Gasteiger charge is -2.35. The molecule has 6 heteroatoms. The smallest absolute Gasteiger partial charge is 0.371 e. The summed E-state index contributed by atoms with van der Waals surface area (Å²) < 4.78 is 38.6. The molecule has 1 aromatic carbocycles. The maximum absolute atomic E-state index is 12.6. The lowest BCUT2D eigenvalue weighted by atomic mass is 9.96. The van der Waals surface area contributed by atoms with Gasteiger partial charge in [0.1, 0.15) is 0 Å². The number of benzene rings is 1. The topological polar surface area (TPSA) is 20.3 Å². The predicted molar refractivity (Wildman–Crippen MR) is 75.1 cm³/mol. The number of carbonyl (C=O) groups excluding carboxylic acids is 1. The maximum atomic E-state index is 12.6. The zero-order valence-corrected chi connectivity index (χ0v) is 12.6. The van der Waals surface area contributed by atoms with E-state index < -0.39 is 12.1 Å². The van der Waals surface area contributed by atoms with Gasteiger partial charge in [-0.3, -0.25) is 4.79 Å². The monoisotopic (exact) mass is 349 g/mol. The predicted octanol–water partition coefficient (Wildman–Crippen LogP) is 4.43. The van der Waals surface area contributed by atoms with Crippen molar-refractivity contribution >= 4 is 27.4 Å². The number of rotatable bonds is 2. The highest BCUT2D eigenvalue weighted by Gasteiger charge is 2.41. The van der Waals surface area contributed by atoms with Gasteiger partial charge in [0.05, 0.1) is 11.6 Å². The molecule has 1 aliphatic heterocycles. The summed E-state index contributed by atoms with van der Waals surface area (Å²) in [5.74, 6) is -1.23. The molecule has 0 bridgehead atoms. The molecule has 0 radical (unpaired) electrons. The number of Topliss-reactive ketones (excluding diaryl/α,β-unsaturated/α-hetero) is 1. The van der Waals surface area contributed by atoms with Crippen molar-refractivity contribution in [3.8, 4) is 0 Å². The number of nitrogens with zero attached hydrogens (tertiary/aromatic N) is 1. The minimum Gasteiger partial charge on any atom is -0.371 e. The molecule has 0 atom stereocenters. The number of carbonyl (C=O) groups is 1. The summed E-state index contributed by atoms with van der Waals surface area (Å²) in [5, 5.41) is 0. The van der Waals surface area contributed by atoms with E-state index in [1.807, 2.05) is 4.90 Å². The molecule has 0 spiro atoms. The zero-order chi connectivity index (χ0) is 14.9. The van der Waals surface area contributed by atoms with Gasteiger partial charge in [-0.25, -0.2) is 0 Å². The normalized spacial score (nSPS) is 17.4. The second-order valence-electron chi connectivity index (χ2n) is 5.03. The van der Waals surface area contributed by atoms with Crippen molar-refractivity contribution in [3.63, 3.8) is 0 Å². The molecule has 0 aliphatic carbocycles. The van der Waals surface area contributed by atoms with Gasteiger partial charge in [0, 0.05) is 23.1 Å². The van der Waals surface area contributed by atoms with Crippen LogP contribution in [0.4, 0.5) is 18.9 Å². The number of hydrogen-bond acceptors (Lipinski definition) is 2. The first kappa shape index (κ1) is 15.4. The Labute approximate surface area is 124 Å². The molecule has 1 aromatic rings. The van der Waals surface area contributed by atoms with E-state index >= 15 is 0 Å². The second kappa shape index (κ2) is 5.76. The van der Waals surface area contributed by atoms with E-state index in [9.17, 15) is 18.0 Å². The lowest BCUT2D eigenvalue weighted by Crippen LogP contribution is -2.39. The SMILES string of the molecule is CC(=O)c1ccc(N2CCC(C(F)(F)F)CC2)c(Br)c1. The van der Waals surface area contributed by atoms with Gasteiger partial charge in [0.2, 0.25) is 0 Å². The van der Waals surface area contributed by atoms with Crippen LogP contribution in [0.1, 0.15) is 30.1 Å². The van der Waals surface area contributed by atoms with Gasteiger partial charge >= 0.3 is 6.18 Å². The molecule has 0 amide bonds. The summed E-state index contributed by atoms with van der Waals surface area (Å²) in [6.07, 6.45) is -3.86. The van der Waals surface area contributed by atoms with Crippen molar-refractivity contribution in [2.24, 2.45) is 5.92 Å². The molecule has 1 heterocycles. The quantitative estimate of drug-likeness (QED) is 0.736. The van der Waals surface area contributed by atoms with Gasteiger partial charge in [0.25, 0.3) is 0 Å². The Kier molecular flexibility index (Phi) is 4.42. The molecule has 0 unspecified atom stereocenters. The van der Waals surface area contributed by atoms with Crippen LogP contribution >= 0.6 is 15.9 Å². The fourth-order valence-corrected chi connectivity index (χ4v) is 3.06. The first-order valence-electron chi connectivity index (χ1n) is 6.41. The van der Waals surface area contributed by atoms with Crippen LogP contribution in [0, 0.1) is 5.92 Å². The summed E-state index contributed by atoms with van der Waals surface area (Å²) >= 11 is 3.39. The van der Waals surface area contributed by atoms with Crippen LogP contribution in [0.3, 0.4) is 0 Å². The zero-order valence-electron chi connectivity index (χ0n) is 11.0. The minimum absolute atomic E-state index is 0.0342. The van der Waals surface area contributed by atoms with Gasteiger partial charge in [-0.2, -0.15) is 13.2 Å². The van der Waals surface area contributed by atoms with E-state index in [0.717, 1.165) is 10.2 Å². The number of piperidine rings is 1. The van der Waals surface area contributed by atoms with Crippen molar-refractivity contribution < 1.29 is 18.0 Å². The van der Waals surface area contributed by atoms with E-state index in [2.05, 4.69) is 15.9 Å². The maximum Gasteiger partial charge on any atom is 0.391 e. The standard InChI is InChI=1S/C14H15BrF3NO/c1-9(20)10-2-3-13(12(15)8-10)19-6-4-11(5-7-19)14(16,17)18/h2-3,8,11H,4-7H2,1H3.